The zero-order valence-electron chi connectivity index (χ0n) is 11.6. The van der Waals surface area contributed by atoms with Crippen molar-refractivity contribution < 1.29 is 9.53 Å². The molecule has 0 radical (unpaired) electrons. The molecule has 3 fully saturated rings. The fourth-order valence-electron chi connectivity index (χ4n) is 3.11. The van der Waals surface area contributed by atoms with Crippen LogP contribution in [0.3, 0.4) is 0 Å². The van der Waals surface area contributed by atoms with E-state index in [2.05, 4.69) is 9.80 Å². The Morgan fingerprint density at radius 2 is 2.10 bits per heavy atom. The van der Waals surface area contributed by atoms with Crippen LogP contribution in [0.15, 0.2) is 18.2 Å². The molecule has 1 atom stereocenters. The lowest BCUT2D eigenvalue weighted by molar-refractivity contribution is -0.128. The van der Waals surface area contributed by atoms with E-state index in [0.717, 1.165) is 44.0 Å². The van der Waals surface area contributed by atoms with Crippen LogP contribution in [-0.4, -0.2) is 61.5 Å². The number of carbonyl (C=O) groups is 1. The monoisotopic (exact) mass is 294 g/mol. The highest BCUT2D eigenvalue weighted by Gasteiger charge is 2.36. The average molecular weight is 295 g/mol. The van der Waals surface area contributed by atoms with Gasteiger partial charge in [0.25, 0.3) is 0 Å². The molecule has 4 nitrogen and oxygen atoms in total. The summed E-state index contributed by atoms with van der Waals surface area (Å²) < 4.78 is 5.32. The minimum atomic E-state index is 0.0289. The molecule has 20 heavy (non-hydrogen) atoms. The number of halogens is 1. The Balaban J connectivity index is 1.74. The van der Waals surface area contributed by atoms with Crippen molar-refractivity contribution >= 4 is 17.4 Å². The number of ketones is 1. The van der Waals surface area contributed by atoms with Gasteiger partial charge in [-0.25, -0.2) is 0 Å². The van der Waals surface area contributed by atoms with Gasteiger partial charge >= 0.3 is 0 Å². The Hall–Kier alpha value is -1.10. The van der Waals surface area contributed by atoms with Crippen LogP contribution in [0, 0.1) is 0 Å². The van der Waals surface area contributed by atoms with Crippen molar-refractivity contribution in [2.24, 2.45) is 0 Å². The maximum atomic E-state index is 12.6. The van der Waals surface area contributed by atoms with Gasteiger partial charge in [0.1, 0.15) is 5.75 Å². The Morgan fingerprint density at radius 1 is 1.35 bits per heavy atom. The fraction of sp³-hybridized carbons (Fsp3) is 0.533. The van der Waals surface area contributed by atoms with E-state index in [1.54, 1.807) is 13.2 Å². The molecule has 2 bridgehead atoms. The largest absolute Gasteiger partial charge is 0.496 e. The molecule has 0 aromatic heterocycles. The topological polar surface area (TPSA) is 32.8 Å². The summed E-state index contributed by atoms with van der Waals surface area (Å²) in [6.07, 6.45) is 0.388. The van der Waals surface area contributed by atoms with Crippen LogP contribution in [0.25, 0.3) is 0 Å². The van der Waals surface area contributed by atoms with Gasteiger partial charge in [0.05, 0.1) is 13.2 Å². The lowest BCUT2D eigenvalue weighted by Gasteiger charge is -2.46. The van der Waals surface area contributed by atoms with E-state index >= 15 is 0 Å². The van der Waals surface area contributed by atoms with Crippen molar-refractivity contribution in [2.45, 2.75) is 12.5 Å². The van der Waals surface area contributed by atoms with Crippen LogP contribution >= 0.6 is 11.6 Å². The Morgan fingerprint density at radius 3 is 2.70 bits per heavy atom. The van der Waals surface area contributed by atoms with Gasteiger partial charge < -0.3 is 4.74 Å². The van der Waals surface area contributed by atoms with Crippen molar-refractivity contribution in [3.63, 3.8) is 0 Å². The number of piperazine rings is 3. The summed E-state index contributed by atoms with van der Waals surface area (Å²) in [7, 11) is 1.62. The van der Waals surface area contributed by atoms with Crippen LogP contribution in [0.2, 0.25) is 5.02 Å². The molecule has 108 valence electrons. The minimum absolute atomic E-state index is 0.0289. The molecule has 0 saturated carbocycles. The number of benzene rings is 1. The molecule has 0 N–H and O–H groups in total. The third-order valence-corrected chi connectivity index (χ3v) is 4.49. The lowest BCUT2D eigenvalue weighted by Crippen LogP contribution is -2.63. The number of ether oxygens (including phenoxy) is 1. The Kier molecular flexibility index (Phi) is 3.96. The number of nitrogens with zero attached hydrogens (tertiary/aromatic N) is 2. The number of hydrogen-bond donors (Lipinski definition) is 0. The molecule has 4 rings (SSSR count). The summed E-state index contributed by atoms with van der Waals surface area (Å²) in [6, 6.07) is 5.46. The number of Topliss-reactive ketones (excluding diaryl/α,β-unsaturated/α-hetero) is 1. The highest BCUT2D eigenvalue weighted by molar-refractivity contribution is 6.30. The Labute approximate surface area is 124 Å². The van der Waals surface area contributed by atoms with Crippen molar-refractivity contribution in [1.29, 1.82) is 0 Å². The Bertz CT molecular complexity index is 513. The molecule has 3 aliphatic heterocycles. The summed E-state index contributed by atoms with van der Waals surface area (Å²) in [4.78, 5) is 17.2. The molecule has 1 unspecified atom stereocenters. The van der Waals surface area contributed by atoms with Gasteiger partial charge in [-0.05, 0) is 18.2 Å². The molecular weight excluding hydrogens is 276 g/mol. The number of rotatable bonds is 4. The van der Waals surface area contributed by atoms with Crippen molar-refractivity contribution in [2.75, 3.05) is 39.8 Å². The zero-order chi connectivity index (χ0) is 14.1. The van der Waals surface area contributed by atoms with Crippen LogP contribution in [0.1, 0.15) is 5.56 Å². The van der Waals surface area contributed by atoms with Gasteiger partial charge in [-0.2, -0.15) is 0 Å². The zero-order valence-corrected chi connectivity index (χ0v) is 12.4. The predicted octanol–water partition coefficient (Wildman–Crippen LogP) is 1.46. The first-order chi connectivity index (χ1) is 9.67. The number of hydrogen-bond acceptors (Lipinski definition) is 4. The minimum Gasteiger partial charge on any atom is -0.496 e. The first-order valence-corrected chi connectivity index (χ1v) is 7.36. The number of fused-ring (bicyclic) bond motifs is 3. The molecule has 0 amide bonds. The quantitative estimate of drug-likeness (QED) is 0.842. The molecule has 5 heteroatoms. The maximum Gasteiger partial charge on any atom is 0.155 e. The van der Waals surface area contributed by atoms with E-state index in [0.29, 0.717) is 11.4 Å². The number of methoxy groups -OCH3 is 1. The molecule has 3 saturated heterocycles. The maximum absolute atomic E-state index is 12.6. The first-order valence-electron chi connectivity index (χ1n) is 6.99. The van der Waals surface area contributed by atoms with Gasteiger partial charge in [-0.1, -0.05) is 11.6 Å². The van der Waals surface area contributed by atoms with Crippen molar-refractivity contribution in [1.82, 2.24) is 9.80 Å². The van der Waals surface area contributed by atoms with Crippen LogP contribution in [0.4, 0.5) is 0 Å². The van der Waals surface area contributed by atoms with Gasteiger partial charge in [0.2, 0.25) is 0 Å². The normalized spacial score (nSPS) is 28.4. The molecule has 0 spiro atoms. The molecule has 1 aromatic carbocycles. The first kappa shape index (κ1) is 13.9. The molecule has 3 heterocycles. The van der Waals surface area contributed by atoms with E-state index in [4.69, 9.17) is 16.3 Å². The molecule has 3 aliphatic rings. The van der Waals surface area contributed by atoms with Gasteiger partial charge in [0, 0.05) is 49.7 Å². The van der Waals surface area contributed by atoms with Gasteiger partial charge in [0.15, 0.2) is 5.78 Å². The summed E-state index contributed by atoms with van der Waals surface area (Å²) >= 11 is 6.02. The second-order valence-corrected chi connectivity index (χ2v) is 5.89. The summed E-state index contributed by atoms with van der Waals surface area (Å²) in [6.45, 7) is 5.04. The smallest absolute Gasteiger partial charge is 0.155 e. The highest BCUT2D eigenvalue weighted by atomic mass is 35.5. The van der Waals surface area contributed by atoms with Crippen molar-refractivity contribution in [3.05, 3.63) is 28.8 Å². The van der Waals surface area contributed by atoms with Crippen LogP contribution in [0.5, 0.6) is 5.75 Å². The average Bonchev–Trinajstić information content (AvgIpc) is 2.48. The third-order valence-electron chi connectivity index (χ3n) is 4.26. The van der Waals surface area contributed by atoms with Crippen LogP contribution in [-0.2, 0) is 11.2 Å². The van der Waals surface area contributed by atoms with E-state index < -0.39 is 0 Å². The number of carbonyl (C=O) groups excluding carboxylic acids is 1. The molecule has 1 aromatic rings. The van der Waals surface area contributed by atoms with Crippen molar-refractivity contribution in [3.8, 4) is 5.75 Å². The van der Waals surface area contributed by atoms with Crippen LogP contribution < -0.4 is 4.74 Å². The summed E-state index contributed by atoms with van der Waals surface area (Å²) in [5.74, 6) is 0.994. The SMILES string of the molecule is COc1ccc(Cl)cc1CC(=O)C1CN2CCN1CC2. The highest BCUT2D eigenvalue weighted by Crippen LogP contribution is 2.25. The van der Waals surface area contributed by atoms with E-state index in [1.165, 1.54) is 0 Å². The standard InChI is InChI=1S/C15H19ClN2O2/c1-20-15-3-2-12(16)8-11(15)9-14(19)13-10-17-4-6-18(13)7-5-17/h2-3,8,13H,4-7,9-10H2,1H3. The summed E-state index contributed by atoms with van der Waals surface area (Å²) in [5, 5.41) is 0.642. The van der Waals surface area contributed by atoms with Gasteiger partial charge in [-0.3, -0.25) is 14.6 Å². The van der Waals surface area contributed by atoms with Gasteiger partial charge in [-0.15, -0.1) is 0 Å². The third kappa shape index (κ3) is 2.68. The van der Waals surface area contributed by atoms with E-state index in [9.17, 15) is 4.79 Å². The fourth-order valence-corrected chi connectivity index (χ4v) is 3.31. The summed E-state index contributed by atoms with van der Waals surface area (Å²) in [5.41, 5.74) is 0.877. The lowest BCUT2D eigenvalue weighted by atomic mass is 9.98. The predicted molar refractivity (Wildman–Crippen MR) is 78.5 cm³/mol. The van der Waals surface area contributed by atoms with E-state index in [-0.39, 0.29) is 11.8 Å². The second-order valence-electron chi connectivity index (χ2n) is 5.45. The second kappa shape index (κ2) is 5.72. The molecular formula is C15H19ClN2O2. The molecule has 0 aliphatic carbocycles. The van der Waals surface area contributed by atoms with E-state index in [1.807, 2.05) is 12.1 Å².